The van der Waals surface area contributed by atoms with Gasteiger partial charge in [0.05, 0.1) is 0 Å². The molecule has 0 aliphatic carbocycles. The quantitative estimate of drug-likeness (QED) is 0.636. The molecule has 0 amide bonds. The first-order chi connectivity index (χ1) is 8.34. The van der Waals surface area contributed by atoms with E-state index in [9.17, 15) is 4.79 Å². The van der Waals surface area contributed by atoms with E-state index in [0.717, 1.165) is 0 Å². The molecule has 4 heteroatoms. The lowest BCUT2D eigenvalue weighted by molar-refractivity contribution is 0.614. The van der Waals surface area contributed by atoms with Crippen LogP contribution in [-0.2, 0) is 0 Å². The van der Waals surface area contributed by atoms with Gasteiger partial charge in [0.15, 0.2) is 16.9 Å². The van der Waals surface area contributed by atoms with Crippen molar-refractivity contribution in [1.29, 1.82) is 0 Å². The highest BCUT2D eigenvalue weighted by Crippen LogP contribution is 2.18. The minimum Gasteiger partial charge on any atom is -0.453 e. The van der Waals surface area contributed by atoms with E-state index in [1.54, 1.807) is 30.6 Å². The van der Waals surface area contributed by atoms with Crippen molar-refractivity contribution in [3.8, 4) is 11.5 Å². The molecule has 0 saturated carbocycles. The average molecular weight is 224 g/mol. The van der Waals surface area contributed by atoms with Crippen molar-refractivity contribution in [2.75, 3.05) is 0 Å². The van der Waals surface area contributed by atoms with E-state index in [-0.39, 0.29) is 5.43 Å². The van der Waals surface area contributed by atoms with E-state index in [2.05, 4.69) is 9.97 Å². The molecule has 4 nitrogen and oxygen atoms in total. The first kappa shape index (κ1) is 9.72. The van der Waals surface area contributed by atoms with Crippen LogP contribution < -0.4 is 5.43 Å². The fourth-order valence-electron chi connectivity index (χ4n) is 1.63. The second kappa shape index (κ2) is 3.83. The van der Waals surface area contributed by atoms with Gasteiger partial charge < -0.3 is 4.42 Å². The molecule has 17 heavy (non-hydrogen) atoms. The summed E-state index contributed by atoms with van der Waals surface area (Å²) in [5.74, 6) is 0.455. The first-order valence-corrected chi connectivity index (χ1v) is 5.15. The summed E-state index contributed by atoms with van der Waals surface area (Å²) in [7, 11) is 0. The monoisotopic (exact) mass is 224 g/mol. The van der Waals surface area contributed by atoms with Crippen LogP contribution in [0.4, 0.5) is 0 Å². The molecule has 3 aromatic rings. The van der Waals surface area contributed by atoms with Gasteiger partial charge in [0.1, 0.15) is 5.69 Å². The lowest BCUT2D eigenvalue weighted by Gasteiger charge is -2.00. The summed E-state index contributed by atoms with van der Waals surface area (Å²) in [6, 6.07) is 10.3. The lowest BCUT2D eigenvalue weighted by atomic mass is 10.2. The average Bonchev–Trinajstić information content (AvgIpc) is 2.40. The van der Waals surface area contributed by atoms with Crippen LogP contribution >= 0.6 is 0 Å². The predicted octanol–water partition coefficient (Wildman–Crippen LogP) is 2.25. The maximum Gasteiger partial charge on any atom is 0.211 e. The highest BCUT2D eigenvalue weighted by molar-refractivity contribution is 5.73. The second-order valence-corrected chi connectivity index (χ2v) is 3.54. The van der Waals surface area contributed by atoms with Gasteiger partial charge in [-0.3, -0.25) is 9.78 Å². The van der Waals surface area contributed by atoms with Gasteiger partial charge in [-0.15, -0.1) is 0 Å². The fraction of sp³-hybridized carbons (Fsp3) is 0. The van der Waals surface area contributed by atoms with E-state index in [1.807, 2.05) is 12.1 Å². The van der Waals surface area contributed by atoms with E-state index < -0.39 is 0 Å². The SMILES string of the molecule is O=c1cc(-c2ccccn2)oc2cccnc12. The van der Waals surface area contributed by atoms with E-state index in [4.69, 9.17) is 4.42 Å². The fourth-order valence-corrected chi connectivity index (χ4v) is 1.63. The summed E-state index contributed by atoms with van der Waals surface area (Å²) in [5, 5.41) is 0. The van der Waals surface area contributed by atoms with E-state index >= 15 is 0 Å². The van der Waals surface area contributed by atoms with Gasteiger partial charge in [-0.05, 0) is 24.3 Å². The van der Waals surface area contributed by atoms with Crippen molar-refractivity contribution in [3.63, 3.8) is 0 Å². The Kier molecular flexibility index (Phi) is 2.19. The standard InChI is InChI=1S/C13H8N2O2/c16-10-8-12(9-4-1-2-6-14-9)17-11-5-3-7-15-13(10)11/h1-8H. The Bertz CT molecular complexity index is 720. The molecule has 0 aliphatic rings. The molecule has 3 aromatic heterocycles. The molecule has 0 atom stereocenters. The summed E-state index contributed by atoms with van der Waals surface area (Å²) < 4.78 is 5.60. The Hall–Kier alpha value is -2.49. The maximum atomic E-state index is 11.8. The normalized spacial score (nSPS) is 10.6. The van der Waals surface area contributed by atoms with Crippen molar-refractivity contribution < 1.29 is 4.42 Å². The topological polar surface area (TPSA) is 56.0 Å². The molecular formula is C13H8N2O2. The van der Waals surface area contributed by atoms with Gasteiger partial charge >= 0.3 is 0 Å². The number of nitrogens with zero attached hydrogens (tertiary/aromatic N) is 2. The lowest BCUT2D eigenvalue weighted by Crippen LogP contribution is -2.02. The molecule has 0 aliphatic heterocycles. The third-order valence-electron chi connectivity index (χ3n) is 2.40. The predicted molar refractivity (Wildman–Crippen MR) is 63.5 cm³/mol. The van der Waals surface area contributed by atoms with Gasteiger partial charge in [0.2, 0.25) is 5.43 Å². The molecule has 0 unspecified atom stereocenters. The van der Waals surface area contributed by atoms with Crippen molar-refractivity contribution in [2.45, 2.75) is 0 Å². The van der Waals surface area contributed by atoms with Crippen molar-refractivity contribution >= 4 is 11.1 Å². The van der Waals surface area contributed by atoms with Crippen LogP contribution in [0.25, 0.3) is 22.6 Å². The van der Waals surface area contributed by atoms with Crippen LogP contribution in [0.1, 0.15) is 0 Å². The maximum absolute atomic E-state index is 11.8. The molecule has 0 N–H and O–H groups in total. The Morgan fingerprint density at radius 2 is 1.88 bits per heavy atom. The van der Waals surface area contributed by atoms with E-state index in [0.29, 0.717) is 22.6 Å². The number of fused-ring (bicyclic) bond motifs is 1. The molecule has 3 rings (SSSR count). The Balaban J connectivity index is 2.30. The summed E-state index contributed by atoms with van der Waals surface area (Å²) >= 11 is 0. The second-order valence-electron chi connectivity index (χ2n) is 3.54. The molecule has 0 fully saturated rings. The minimum absolute atomic E-state index is 0.160. The molecule has 0 spiro atoms. The number of pyridine rings is 2. The summed E-state index contributed by atoms with van der Waals surface area (Å²) in [4.78, 5) is 20.0. The minimum atomic E-state index is -0.160. The van der Waals surface area contributed by atoms with Crippen LogP contribution in [0.15, 0.2) is 58.0 Å². The number of rotatable bonds is 1. The van der Waals surface area contributed by atoms with Crippen LogP contribution in [0, 0.1) is 0 Å². The van der Waals surface area contributed by atoms with Crippen LogP contribution in [0.3, 0.4) is 0 Å². The molecule has 3 heterocycles. The summed E-state index contributed by atoms with van der Waals surface area (Å²) in [6.07, 6.45) is 3.22. The molecular weight excluding hydrogens is 216 g/mol. The third-order valence-corrected chi connectivity index (χ3v) is 2.40. The molecule has 0 radical (unpaired) electrons. The van der Waals surface area contributed by atoms with Gasteiger partial charge in [0.25, 0.3) is 0 Å². The molecule has 82 valence electrons. The molecule has 0 saturated heterocycles. The van der Waals surface area contributed by atoms with Crippen molar-refractivity contribution in [1.82, 2.24) is 9.97 Å². The zero-order valence-corrected chi connectivity index (χ0v) is 8.83. The van der Waals surface area contributed by atoms with Gasteiger partial charge in [0, 0.05) is 18.5 Å². The summed E-state index contributed by atoms with van der Waals surface area (Å²) in [5.41, 5.74) is 1.29. The zero-order valence-electron chi connectivity index (χ0n) is 8.83. The van der Waals surface area contributed by atoms with E-state index in [1.165, 1.54) is 6.07 Å². The number of aromatic nitrogens is 2. The van der Waals surface area contributed by atoms with Crippen LogP contribution in [0.5, 0.6) is 0 Å². The van der Waals surface area contributed by atoms with Crippen LogP contribution in [-0.4, -0.2) is 9.97 Å². The van der Waals surface area contributed by atoms with Gasteiger partial charge in [-0.25, -0.2) is 4.98 Å². The van der Waals surface area contributed by atoms with Crippen molar-refractivity contribution in [3.05, 3.63) is 59.0 Å². The zero-order chi connectivity index (χ0) is 11.7. The Morgan fingerprint density at radius 3 is 2.71 bits per heavy atom. The molecule has 0 bridgehead atoms. The summed E-state index contributed by atoms with van der Waals surface area (Å²) in [6.45, 7) is 0. The van der Waals surface area contributed by atoms with Crippen molar-refractivity contribution in [2.24, 2.45) is 0 Å². The highest BCUT2D eigenvalue weighted by Gasteiger charge is 2.07. The Morgan fingerprint density at radius 1 is 1.00 bits per heavy atom. The Labute approximate surface area is 96.6 Å². The number of hydrogen-bond donors (Lipinski definition) is 0. The molecule has 0 aromatic carbocycles. The largest absolute Gasteiger partial charge is 0.453 e. The number of hydrogen-bond acceptors (Lipinski definition) is 4. The third kappa shape index (κ3) is 1.69. The van der Waals surface area contributed by atoms with Gasteiger partial charge in [-0.2, -0.15) is 0 Å². The van der Waals surface area contributed by atoms with Gasteiger partial charge in [-0.1, -0.05) is 6.07 Å². The van der Waals surface area contributed by atoms with Crippen LogP contribution in [0.2, 0.25) is 0 Å². The first-order valence-electron chi connectivity index (χ1n) is 5.15. The smallest absolute Gasteiger partial charge is 0.211 e. The highest BCUT2D eigenvalue weighted by atomic mass is 16.3.